The average molecular weight is 502 g/mol. The zero-order valence-electron chi connectivity index (χ0n) is 21.6. The number of aryl methyl sites for hydroxylation is 1. The fraction of sp³-hybridized carbons (Fsp3) is 0.290. The van der Waals surface area contributed by atoms with Gasteiger partial charge in [-0.05, 0) is 79.2 Å². The predicted molar refractivity (Wildman–Crippen MR) is 146 cm³/mol. The maximum Gasteiger partial charge on any atom is 0.328 e. The molecule has 0 fully saturated rings. The Balaban J connectivity index is 0.000000414. The Hall–Kier alpha value is -3.74. The summed E-state index contributed by atoms with van der Waals surface area (Å²) in [5.74, 6) is -1.91. The van der Waals surface area contributed by atoms with Crippen LogP contribution in [0, 0.1) is 5.92 Å². The largest absolute Gasteiger partial charge is 0.478 e. The number of benzene rings is 3. The van der Waals surface area contributed by atoms with Crippen molar-refractivity contribution in [3.8, 4) is 22.3 Å². The van der Waals surface area contributed by atoms with Crippen molar-refractivity contribution in [2.75, 3.05) is 27.7 Å². The normalized spacial score (nSPS) is 16.6. The Morgan fingerprint density at radius 2 is 1.41 bits per heavy atom. The monoisotopic (exact) mass is 501 g/mol. The number of hydrogen-bond acceptors (Lipinski definition) is 4. The van der Waals surface area contributed by atoms with Crippen LogP contribution in [0.1, 0.15) is 30.1 Å². The fourth-order valence-electron chi connectivity index (χ4n) is 4.69. The molecule has 4 rings (SSSR count). The SMILES string of the molecule is COC1c2ccc(-c3ccc(-c4ccccc4)cc3)cc2CCC1CCN(C)C.O=C(O)/C=C/C(=O)O. The summed E-state index contributed by atoms with van der Waals surface area (Å²) >= 11 is 0. The van der Waals surface area contributed by atoms with Gasteiger partial charge in [0.15, 0.2) is 0 Å². The van der Waals surface area contributed by atoms with Gasteiger partial charge in [-0.25, -0.2) is 9.59 Å². The number of carboxylic acids is 2. The minimum atomic E-state index is -1.26. The standard InChI is InChI=1S/C27H31NO.C4H4O4/c1-28(2)18-17-23-13-14-25-19-24(15-16-26(25)27(23)29-3)22-11-9-21(10-12-22)20-7-5-4-6-8-20;5-3(6)1-2-4(7)8/h4-12,15-16,19,23,27H,13-14,17-18H2,1-3H3;1-2H,(H,5,6)(H,7,8)/b;2-1+. The van der Waals surface area contributed by atoms with Crippen molar-refractivity contribution >= 4 is 11.9 Å². The van der Waals surface area contributed by atoms with Crippen LogP contribution in [0.2, 0.25) is 0 Å². The molecule has 0 heterocycles. The van der Waals surface area contributed by atoms with Crippen molar-refractivity contribution in [1.82, 2.24) is 4.90 Å². The molecule has 0 aliphatic heterocycles. The third-order valence-electron chi connectivity index (χ3n) is 6.56. The number of hydrogen-bond donors (Lipinski definition) is 2. The molecule has 2 N–H and O–H groups in total. The highest BCUT2D eigenvalue weighted by molar-refractivity contribution is 5.89. The number of carboxylic acid groups (broad SMARTS) is 2. The molecular formula is C31H35NO5. The lowest BCUT2D eigenvalue weighted by molar-refractivity contribution is -0.134. The fourth-order valence-corrected chi connectivity index (χ4v) is 4.69. The van der Waals surface area contributed by atoms with Crippen LogP contribution in [0.5, 0.6) is 0 Å². The first-order valence-corrected chi connectivity index (χ1v) is 12.4. The minimum absolute atomic E-state index is 0.216. The molecule has 2 unspecified atom stereocenters. The van der Waals surface area contributed by atoms with Crippen LogP contribution < -0.4 is 0 Å². The molecule has 2 atom stereocenters. The smallest absolute Gasteiger partial charge is 0.328 e. The van der Waals surface area contributed by atoms with E-state index in [0.29, 0.717) is 18.1 Å². The maximum atomic E-state index is 9.55. The lowest BCUT2D eigenvalue weighted by atomic mass is 9.78. The zero-order chi connectivity index (χ0) is 26.8. The number of methoxy groups -OCH3 is 1. The molecule has 0 aromatic heterocycles. The van der Waals surface area contributed by atoms with E-state index in [4.69, 9.17) is 14.9 Å². The number of carbonyl (C=O) groups is 2. The van der Waals surface area contributed by atoms with Gasteiger partial charge >= 0.3 is 11.9 Å². The van der Waals surface area contributed by atoms with Gasteiger partial charge in [0.25, 0.3) is 0 Å². The van der Waals surface area contributed by atoms with Gasteiger partial charge in [-0.3, -0.25) is 0 Å². The summed E-state index contributed by atoms with van der Waals surface area (Å²) < 4.78 is 5.95. The van der Waals surface area contributed by atoms with Gasteiger partial charge in [-0.1, -0.05) is 72.8 Å². The second-order valence-corrected chi connectivity index (χ2v) is 9.41. The lowest BCUT2D eigenvalue weighted by Gasteiger charge is -2.33. The molecule has 0 amide bonds. The first-order valence-electron chi connectivity index (χ1n) is 12.4. The van der Waals surface area contributed by atoms with Crippen LogP contribution in [0.4, 0.5) is 0 Å². The average Bonchev–Trinajstić information content (AvgIpc) is 2.91. The van der Waals surface area contributed by atoms with Gasteiger partial charge in [0.05, 0.1) is 6.10 Å². The summed E-state index contributed by atoms with van der Waals surface area (Å²) in [6, 6.07) is 26.4. The van der Waals surface area contributed by atoms with E-state index < -0.39 is 11.9 Å². The van der Waals surface area contributed by atoms with Crippen LogP contribution >= 0.6 is 0 Å². The van der Waals surface area contributed by atoms with Crippen molar-refractivity contribution in [3.05, 3.63) is 96.1 Å². The summed E-state index contributed by atoms with van der Waals surface area (Å²) in [6.07, 6.45) is 4.87. The first kappa shape index (κ1) is 27.8. The number of aliphatic carboxylic acids is 2. The molecule has 0 spiro atoms. The number of nitrogens with zero attached hydrogens (tertiary/aromatic N) is 1. The summed E-state index contributed by atoms with van der Waals surface area (Å²) in [5.41, 5.74) is 7.92. The van der Waals surface area contributed by atoms with Gasteiger partial charge in [0, 0.05) is 19.3 Å². The Labute approximate surface area is 218 Å². The van der Waals surface area contributed by atoms with E-state index in [1.807, 2.05) is 7.11 Å². The highest BCUT2D eigenvalue weighted by atomic mass is 16.5. The Morgan fingerprint density at radius 1 is 0.865 bits per heavy atom. The Morgan fingerprint density at radius 3 is 1.95 bits per heavy atom. The molecule has 0 radical (unpaired) electrons. The summed E-state index contributed by atoms with van der Waals surface area (Å²) in [5, 5.41) is 15.6. The molecule has 0 saturated carbocycles. The molecule has 37 heavy (non-hydrogen) atoms. The topological polar surface area (TPSA) is 87.1 Å². The first-order chi connectivity index (χ1) is 17.8. The quantitative estimate of drug-likeness (QED) is 0.372. The number of fused-ring (bicyclic) bond motifs is 1. The van der Waals surface area contributed by atoms with Crippen molar-refractivity contribution in [2.45, 2.75) is 25.4 Å². The van der Waals surface area contributed by atoms with E-state index in [1.165, 1.54) is 46.2 Å². The van der Waals surface area contributed by atoms with Crippen LogP contribution in [0.3, 0.4) is 0 Å². The maximum absolute atomic E-state index is 9.55. The molecule has 0 bridgehead atoms. The molecule has 6 heteroatoms. The van der Waals surface area contributed by atoms with Gasteiger partial charge in [0.1, 0.15) is 0 Å². The second kappa shape index (κ2) is 13.5. The van der Waals surface area contributed by atoms with Gasteiger partial charge in [0.2, 0.25) is 0 Å². The van der Waals surface area contributed by atoms with Crippen molar-refractivity contribution < 1.29 is 24.5 Å². The summed E-state index contributed by atoms with van der Waals surface area (Å²) in [7, 11) is 6.15. The van der Waals surface area contributed by atoms with Crippen LogP contribution in [-0.2, 0) is 20.7 Å². The van der Waals surface area contributed by atoms with Gasteiger partial charge in [-0.2, -0.15) is 0 Å². The molecule has 1 aliphatic rings. The van der Waals surface area contributed by atoms with E-state index in [9.17, 15) is 9.59 Å². The van der Waals surface area contributed by atoms with E-state index in [-0.39, 0.29) is 6.10 Å². The van der Waals surface area contributed by atoms with Crippen molar-refractivity contribution in [1.29, 1.82) is 0 Å². The molecule has 3 aromatic carbocycles. The second-order valence-electron chi connectivity index (χ2n) is 9.41. The molecule has 3 aromatic rings. The molecular weight excluding hydrogens is 466 g/mol. The van der Waals surface area contributed by atoms with Crippen LogP contribution in [-0.4, -0.2) is 54.8 Å². The predicted octanol–water partition coefficient (Wildman–Crippen LogP) is 5.93. The summed E-state index contributed by atoms with van der Waals surface area (Å²) in [4.78, 5) is 21.4. The van der Waals surface area contributed by atoms with E-state index >= 15 is 0 Å². The highest BCUT2D eigenvalue weighted by Crippen LogP contribution is 2.40. The van der Waals surface area contributed by atoms with E-state index in [2.05, 4.69) is 91.8 Å². The molecule has 6 nitrogen and oxygen atoms in total. The Bertz CT molecular complexity index is 1190. The van der Waals surface area contributed by atoms with Crippen molar-refractivity contribution in [2.24, 2.45) is 5.92 Å². The summed E-state index contributed by atoms with van der Waals surface area (Å²) in [6.45, 7) is 1.12. The molecule has 1 aliphatic carbocycles. The Kier molecular flexibility index (Phi) is 10.2. The van der Waals surface area contributed by atoms with E-state index in [1.54, 1.807) is 0 Å². The number of ether oxygens (including phenoxy) is 1. The third-order valence-corrected chi connectivity index (χ3v) is 6.56. The zero-order valence-corrected chi connectivity index (χ0v) is 21.6. The molecule has 194 valence electrons. The van der Waals surface area contributed by atoms with Gasteiger partial charge in [-0.15, -0.1) is 0 Å². The molecule has 0 saturated heterocycles. The van der Waals surface area contributed by atoms with Crippen molar-refractivity contribution in [3.63, 3.8) is 0 Å². The van der Waals surface area contributed by atoms with Crippen LogP contribution in [0.25, 0.3) is 22.3 Å². The lowest BCUT2D eigenvalue weighted by Crippen LogP contribution is -2.26. The minimum Gasteiger partial charge on any atom is -0.478 e. The third kappa shape index (κ3) is 8.13. The van der Waals surface area contributed by atoms with Crippen LogP contribution in [0.15, 0.2) is 84.9 Å². The van der Waals surface area contributed by atoms with Gasteiger partial charge < -0.3 is 19.8 Å². The highest BCUT2D eigenvalue weighted by Gasteiger charge is 2.29. The van der Waals surface area contributed by atoms with E-state index in [0.717, 1.165) is 13.0 Å². The number of rotatable bonds is 8.